The molecule has 1 aliphatic heterocycles. The van der Waals surface area contributed by atoms with Gasteiger partial charge in [-0.1, -0.05) is 24.3 Å². The van der Waals surface area contributed by atoms with Crippen LogP contribution in [0.3, 0.4) is 0 Å². The molecule has 1 aliphatic rings. The van der Waals surface area contributed by atoms with Crippen molar-refractivity contribution in [3.63, 3.8) is 0 Å². The molecule has 0 radical (unpaired) electrons. The van der Waals surface area contributed by atoms with Gasteiger partial charge in [0.2, 0.25) is 0 Å². The molecule has 0 saturated heterocycles. The Morgan fingerprint density at radius 1 is 1.00 bits per heavy atom. The van der Waals surface area contributed by atoms with Crippen molar-refractivity contribution in [1.82, 2.24) is 14.9 Å². The second-order valence-electron chi connectivity index (χ2n) is 7.40. The van der Waals surface area contributed by atoms with E-state index in [4.69, 9.17) is 0 Å². The number of aliphatic hydroxyl groups excluding tert-OH is 2. The highest BCUT2D eigenvalue weighted by atomic mass is 16.3. The number of aliphatic hydroxyl groups is 2. The number of benzene rings is 3. The minimum atomic E-state index is -0.996. The Morgan fingerprint density at radius 3 is 2.50 bits per heavy atom. The fraction of sp³-hybridized carbons (Fsp3) is 0.130. The predicted octanol–water partition coefficient (Wildman–Crippen LogP) is 2.11. The van der Waals surface area contributed by atoms with E-state index in [-0.39, 0.29) is 0 Å². The third-order valence-electron chi connectivity index (χ3n) is 5.51. The van der Waals surface area contributed by atoms with Crippen LogP contribution < -0.4 is 5.43 Å². The number of H-pyrrole nitrogens is 1. The van der Waals surface area contributed by atoms with Crippen molar-refractivity contribution in [2.75, 3.05) is 18.6 Å². The lowest BCUT2D eigenvalue weighted by Crippen LogP contribution is -2.50. The van der Waals surface area contributed by atoms with Crippen LogP contribution in [0.15, 0.2) is 59.7 Å². The largest absolute Gasteiger partial charge is 0.394 e. The summed E-state index contributed by atoms with van der Waals surface area (Å²) in [5.41, 5.74) is 5.97. The van der Waals surface area contributed by atoms with E-state index in [0.717, 1.165) is 15.9 Å². The molecule has 2 amide bonds. The van der Waals surface area contributed by atoms with Gasteiger partial charge in [0.25, 0.3) is 11.8 Å². The first-order valence-corrected chi connectivity index (χ1v) is 10.0. The number of aromatic amines is 1. The summed E-state index contributed by atoms with van der Waals surface area (Å²) in [6, 6.07) is 15.1. The van der Waals surface area contributed by atoms with Gasteiger partial charge in [0.15, 0.2) is 5.82 Å². The monoisotopic (exact) mass is 429 g/mol. The molecule has 160 valence electrons. The minimum absolute atomic E-state index is 0.328. The van der Waals surface area contributed by atoms with Crippen molar-refractivity contribution in [2.24, 2.45) is 5.10 Å². The Bertz CT molecular complexity index is 1330. The van der Waals surface area contributed by atoms with Crippen LogP contribution in [-0.4, -0.2) is 62.4 Å². The van der Waals surface area contributed by atoms with Crippen LogP contribution in [0.4, 0.5) is 5.69 Å². The lowest BCUT2D eigenvalue weighted by atomic mass is 9.92. The third kappa shape index (κ3) is 3.11. The first-order valence-electron chi connectivity index (χ1n) is 10.0. The summed E-state index contributed by atoms with van der Waals surface area (Å²) in [6.45, 7) is -1.04. The normalized spacial score (nSPS) is 13.8. The lowest BCUT2D eigenvalue weighted by molar-refractivity contribution is 0.0375. The number of carbonyl (C=O) groups excluding carboxylic acids is 2. The number of hydrazone groups is 1. The van der Waals surface area contributed by atoms with Crippen LogP contribution in [0.1, 0.15) is 26.5 Å². The highest BCUT2D eigenvalue weighted by Crippen LogP contribution is 2.35. The summed E-state index contributed by atoms with van der Waals surface area (Å²) in [5, 5.41) is 24.4. The first-order chi connectivity index (χ1) is 15.6. The van der Waals surface area contributed by atoms with E-state index in [1.54, 1.807) is 36.5 Å². The zero-order valence-electron chi connectivity index (χ0n) is 16.8. The van der Waals surface area contributed by atoms with Crippen LogP contribution in [0, 0.1) is 0 Å². The number of para-hydroxylation sites is 2. The van der Waals surface area contributed by atoms with Gasteiger partial charge >= 0.3 is 0 Å². The van der Waals surface area contributed by atoms with Crippen LogP contribution in [0.2, 0.25) is 0 Å². The molecular formula is C23H19N5O4. The number of nitrogens with one attached hydrogen (secondary N) is 2. The van der Waals surface area contributed by atoms with Crippen molar-refractivity contribution >= 4 is 45.5 Å². The molecule has 0 aliphatic carbocycles. The fourth-order valence-electron chi connectivity index (χ4n) is 3.96. The van der Waals surface area contributed by atoms with E-state index in [9.17, 15) is 19.8 Å². The molecule has 0 saturated carbocycles. The summed E-state index contributed by atoms with van der Waals surface area (Å²) < 4.78 is 0. The van der Waals surface area contributed by atoms with Gasteiger partial charge < -0.3 is 15.2 Å². The molecule has 3 aromatic carbocycles. The highest BCUT2D eigenvalue weighted by Gasteiger charge is 2.37. The van der Waals surface area contributed by atoms with E-state index in [1.807, 2.05) is 24.3 Å². The van der Waals surface area contributed by atoms with E-state index in [0.29, 0.717) is 33.4 Å². The molecule has 4 N–H and O–H groups in total. The molecule has 32 heavy (non-hydrogen) atoms. The molecule has 9 heteroatoms. The molecule has 9 nitrogen and oxygen atoms in total. The average molecular weight is 429 g/mol. The van der Waals surface area contributed by atoms with Gasteiger partial charge in [-0.25, -0.2) is 4.98 Å². The molecule has 0 spiro atoms. The number of rotatable bonds is 6. The summed E-state index contributed by atoms with van der Waals surface area (Å²) >= 11 is 0. The summed E-state index contributed by atoms with van der Waals surface area (Å²) in [7, 11) is 0. The van der Waals surface area contributed by atoms with E-state index >= 15 is 0 Å². The predicted molar refractivity (Wildman–Crippen MR) is 120 cm³/mol. The summed E-state index contributed by atoms with van der Waals surface area (Å²) in [6.07, 6.45) is 1.56. The van der Waals surface area contributed by atoms with Gasteiger partial charge in [0.05, 0.1) is 42.2 Å². The van der Waals surface area contributed by atoms with Crippen molar-refractivity contribution in [2.45, 2.75) is 6.04 Å². The Hall–Kier alpha value is -4.08. The maximum Gasteiger partial charge on any atom is 0.261 e. The molecule has 0 fully saturated rings. The topological polar surface area (TPSA) is 131 Å². The van der Waals surface area contributed by atoms with Crippen molar-refractivity contribution in [3.05, 3.63) is 71.5 Å². The van der Waals surface area contributed by atoms with Gasteiger partial charge in [0.1, 0.15) is 0 Å². The van der Waals surface area contributed by atoms with Gasteiger partial charge in [-0.05, 0) is 30.3 Å². The van der Waals surface area contributed by atoms with Crippen LogP contribution in [-0.2, 0) is 0 Å². The SMILES string of the molecule is O=C1c2cccc3c(N/N=C/c4nc5ccccc5[nH]4)ccc(c23)C(=O)N1C(CO)CO. The number of carbonyl (C=O) groups is 2. The number of amides is 2. The minimum Gasteiger partial charge on any atom is -0.394 e. The van der Waals surface area contributed by atoms with Crippen molar-refractivity contribution in [1.29, 1.82) is 0 Å². The second kappa shape index (κ2) is 7.88. The number of hydrogen-bond donors (Lipinski definition) is 4. The smallest absolute Gasteiger partial charge is 0.261 e. The number of aromatic nitrogens is 2. The molecule has 5 rings (SSSR count). The van der Waals surface area contributed by atoms with Crippen molar-refractivity contribution in [3.8, 4) is 0 Å². The zero-order chi connectivity index (χ0) is 22.2. The van der Waals surface area contributed by atoms with Crippen molar-refractivity contribution < 1.29 is 19.8 Å². The number of anilines is 1. The van der Waals surface area contributed by atoms with Crippen LogP contribution in [0.5, 0.6) is 0 Å². The number of imide groups is 1. The maximum absolute atomic E-state index is 13.0. The molecule has 4 aromatic rings. The molecular weight excluding hydrogens is 410 g/mol. The molecule has 0 bridgehead atoms. The molecule has 0 atom stereocenters. The number of hydrogen-bond acceptors (Lipinski definition) is 7. The second-order valence-corrected chi connectivity index (χ2v) is 7.40. The average Bonchev–Trinajstić information content (AvgIpc) is 3.23. The zero-order valence-corrected chi connectivity index (χ0v) is 16.8. The number of imidazole rings is 1. The summed E-state index contributed by atoms with van der Waals surface area (Å²) in [4.78, 5) is 34.5. The van der Waals surface area contributed by atoms with Crippen LogP contribution in [0.25, 0.3) is 21.8 Å². The number of nitrogens with zero attached hydrogens (tertiary/aromatic N) is 3. The van der Waals surface area contributed by atoms with Crippen LogP contribution >= 0.6 is 0 Å². The van der Waals surface area contributed by atoms with Gasteiger partial charge in [0, 0.05) is 21.9 Å². The Morgan fingerprint density at radius 2 is 1.75 bits per heavy atom. The summed E-state index contributed by atoms with van der Waals surface area (Å²) in [5.74, 6) is -0.519. The van der Waals surface area contributed by atoms with E-state index in [1.165, 1.54) is 0 Å². The quantitative estimate of drug-likeness (QED) is 0.211. The van der Waals surface area contributed by atoms with E-state index in [2.05, 4.69) is 20.5 Å². The molecule has 1 aromatic heterocycles. The number of fused-ring (bicyclic) bond motifs is 1. The maximum atomic E-state index is 13.0. The molecule has 0 unspecified atom stereocenters. The van der Waals surface area contributed by atoms with E-state index < -0.39 is 31.1 Å². The lowest BCUT2D eigenvalue weighted by Gasteiger charge is -2.32. The third-order valence-corrected chi connectivity index (χ3v) is 5.51. The molecule has 2 heterocycles. The Labute approximate surface area is 182 Å². The Kier molecular flexibility index (Phi) is 4.89. The van der Waals surface area contributed by atoms with Gasteiger partial charge in [-0.3, -0.25) is 19.9 Å². The Balaban J connectivity index is 1.50. The highest BCUT2D eigenvalue weighted by molar-refractivity contribution is 6.27. The fourth-order valence-corrected chi connectivity index (χ4v) is 3.96. The van der Waals surface area contributed by atoms with Gasteiger partial charge in [-0.15, -0.1) is 0 Å². The standard InChI is InChI=1S/C23H19N5O4/c29-11-13(12-30)28-22(31)15-5-3-4-14-17(9-8-16(21(14)15)23(28)32)27-24-10-20-25-18-6-1-2-7-19(18)26-20/h1-10,13,27,29-30H,11-12H2,(H,25,26)/b24-10+. The van der Waals surface area contributed by atoms with Gasteiger partial charge in [-0.2, -0.15) is 5.10 Å². The first kappa shape index (κ1) is 19.9.